The highest BCUT2D eigenvalue weighted by molar-refractivity contribution is 4.79. The maximum Gasteiger partial charge on any atom is 0.0249 e. The van der Waals surface area contributed by atoms with Crippen LogP contribution in [0.5, 0.6) is 0 Å². The van der Waals surface area contributed by atoms with E-state index >= 15 is 0 Å². The molecule has 0 heterocycles. The van der Waals surface area contributed by atoms with Crippen LogP contribution < -0.4 is 10.6 Å². The van der Waals surface area contributed by atoms with Crippen molar-refractivity contribution in [2.75, 3.05) is 19.6 Å². The molecule has 0 aliphatic heterocycles. The van der Waals surface area contributed by atoms with Crippen molar-refractivity contribution in [2.45, 2.75) is 46.1 Å². The molecule has 0 unspecified atom stereocenters. The lowest BCUT2D eigenvalue weighted by Crippen LogP contribution is -2.48. The van der Waals surface area contributed by atoms with Gasteiger partial charge in [0.1, 0.15) is 0 Å². The monoisotopic (exact) mass is 172 g/mol. The lowest BCUT2D eigenvalue weighted by Gasteiger charge is -2.26. The molecule has 0 aromatic rings. The Kier molecular flexibility index (Phi) is 6.39. The predicted octanol–water partition coefficient (Wildman–Crippen LogP) is 1.76. The average molecular weight is 172 g/mol. The van der Waals surface area contributed by atoms with Gasteiger partial charge in [-0.25, -0.2) is 0 Å². The molecule has 0 aliphatic carbocycles. The van der Waals surface area contributed by atoms with Crippen LogP contribution in [0.25, 0.3) is 0 Å². The lowest BCUT2D eigenvalue weighted by molar-refractivity contribution is 0.366. The Morgan fingerprint density at radius 3 is 2.08 bits per heavy atom. The molecule has 0 bridgehead atoms. The molecular formula is C10H24N2. The zero-order valence-corrected chi connectivity index (χ0v) is 9.04. The van der Waals surface area contributed by atoms with Gasteiger partial charge < -0.3 is 10.6 Å². The zero-order chi connectivity index (χ0) is 9.45. The Labute approximate surface area is 77.1 Å². The topological polar surface area (TPSA) is 24.1 Å². The van der Waals surface area contributed by atoms with Gasteiger partial charge in [-0.1, -0.05) is 13.8 Å². The SMILES string of the molecule is CCCNCC(C)(C)NCCC. The molecule has 0 aliphatic rings. The van der Waals surface area contributed by atoms with E-state index in [1.165, 1.54) is 12.8 Å². The number of hydrogen-bond donors (Lipinski definition) is 2. The third-order valence-electron chi connectivity index (χ3n) is 1.85. The Balaban J connectivity index is 3.42. The Hall–Kier alpha value is -0.0800. The summed E-state index contributed by atoms with van der Waals surface area (Å²) in [6, 6.07) is 0. The molecule has 0 fully saturated rings. The van der Waals surface area contributed by atoms with E-state index in [0.29, 0.717) is 0 Å². The average Bonchev–Trinajstić information content (AvgIpc) is 2.01. The lowest BCUT2D eigenvalue weighted by atomic mass is 10.1. The highest BCUT2D eigenvalue weighted by Gasteiger charge is 2.14. The van der Waals surface area contributed by atoms with Gasteiger partial charge in [-0.15, -0.1) is 0 Å². The first-order valence-electron chi connectivity index (χ1n) is 5.08. The van der Waals surface area contributed by atoms with Crippen LogP contribution in [-0.2, 0) is 0 Å². The summed E-state index contributed by atoms with van der Waals surface area (Å²) in [5, 5.41) is 6.93. The second-order valence-corrected chi connectivity index (χ2v) is 3.99. The van der Waals surface area contributed by atoms with Gasteiger partial charge in [0, 0.05) is 12.1 Å². The van der Waals surface area contributed by atoms with Crippen molar-refractivity contribution in [1.29, 1.82) is 0 Å². The maximum atomic E-state index is 3.51. The van der Waals surface area contributed by atoms with E-state index in [2.05, 4.69) is 38.3 Å². The third kappa shape index (κ3) is 6.62. The molecule has 0 radical (unpaired) electrons. The molecule has 0 atom stereocenters. The molecule has 2 N–H and O–H groups in total. The molecule has 0 aromatic heterocycles. The Morgan fingerprint density at radius 1 is 1.00 bits per heavy atom. The quantitative estimate of drug-likeness (QED) is 0.572. The van der Waals surface area contributed by atoms with Crippen molar-refractivity contribution in [1.82, 2.24) is 10.6 Å². The van der Waals surface area contributed by atoms with Gasteiger partial charge in [0.05, 0.1) is 0 Å². The van der Waals surface area contributed by atoms with Crippen molar-refractivity contribution in [3.05, 3.63) is 0 Å². The van der Waals surface area contributed by atoms with Crippen molar-refractivity contribution in [3.8, 4) is 0 Å². The summed E-state index contributed by atoms with van der Waals surface area (Å²) in [6.45, 7) is 12.2. The molecular weight excluding hydrogens is 148 g/mol. The Morgan fingerprint density at radius 2 is 1.58 bits per heavy atom. The standard InChI is InChI=1S/C10H24N2/c1-5-7-11-9-10(3,4)12-8-6-2/h11-12H,5-9H2,1-4H3. The van der Waals surface area contributed by atoms with Crippen LogP contribution in [-0.4, -0.2) is 25.2 Å². The van der Waals surface area contributed by atoms with Crippen molar-refractivity contribution < 1.29 is 0 Å². The van der Waals surface area contributed by atoms with Gasteiger partial charge in [-0.2, -0.15) is 0 Å². The normalized spacial score (nSPS) is 12.0. The van der Waals surface area contributed by atoms with Gasteiger partial charge >= 0.3 is 0 Å². The smallest absolute Gasteiger partial charge is 0.0249 e. The molecule has 0 aromatic carbocycles. The fourth-order valence-corrected chi connectivity index (χ4v) is 1.10. The first-order chi connectivity index (χ1) is 5.62. The van der Waals surface area contributed by atoms with Crippen LogP contribution in [0.2, 0.25) is 0 Å². The molecule has 2 nitrogen and oxygen atoms in total. The molecule has 2 heteroatoms. The van der Waals surface area contributed by atoms with E-state index in [1.54, 1.807) is 0 Å². The second kappa shape index (κ2) is 6.44. The van der Waals surface area contributed by atoms with Gasteiger partial charge in [0.25, 0.3) is 0 Å². The molecule has 74 valence electrons. The summed E-state index contributed by atoms with van der Waals surface area (Å²) in [5.41, 5.74) is 0.241. The minimum Gasteiger partial charge on any atom is -0.315 e. The molecule has 12 heavy (non-hydrogen) atoms. The summed E-state index contributed by atoms with van der Waals surface area (Å²) in [5.74, 6) is 0. The van der Waals surface area contributed by atoms with E-state index in [9.17, 15) is 0 Å². The zero-order valence-electron chi connectivity index (χ0n) is 9.04. The molecule has 0 amide bonds. The van der Waals surface area contributed by atoms with E-state index < -0.39 is 0 Å². The first-order valence-corrected chi connectivity index (χ1v) is 5.08. The molecule has 0 saturated carbocycles. The fraction of sp³-hybridized carbons (Fsp3) is 1.00. The minimum atomic E-state index is 0.241. The van der Waals surface area contributed by atoms with Gasteiger partial charge in [0.15, 0.2) is 0 Å². The Bertz CT molecular complexity index is 100. The van der Waals surface area contributed by atoms with Crippen molar-refractivity contribution in [2.24, 2.45) is 0 Å². The molecule has 0 spiro atoms. The van der Waals surface area contributed by atoms with Crippen LogP contribution >= 0.6 is 0 Å². The molecule has 0 rings (SSSR count). The summed E-state index contributed by atoms with van der Waals surface area (Å²) in [4.78, 5) is 0. The van der Waals surface area contributed by atoms with Gasteiger partial charge in [-0.3, -0.25) is 0 Å². The summed E-state index contributed by atoms with van der Waals surface area (Å²) >= 11 is 0. The summed E-state index contributed by atoms with van der Waals surface area (Å²) < 4.78 is 0. The number of nitrogens with one attached hydrogen (secondary N) is 2. The maximum absolute atomic E-state index is 3.51. The van der Waals surface area contributed by atoms with Crippen LogP contribution in [0.3, 0.4) is 0 Å². The highest BCUT2D eigenvalue weighted by Crippen LogP contribution is 1.99. The van der Waals surface area contributed by atoms with Crippen molar-refractivity contribution >= 4 is 0 Å². The minimum absolute atomic E-state index is 0.241. The summed E-state index contributed by atoms with van der Waals surface area (Å²) in [7, 11) is 0. The van der Waals surface area contributed by atoms with E-state index in [0.717, 1.165) is 19.6 Å². The van der Waals surface area contributed by atoms with Crippen LogP contribution in [0, 0.1) is 0 Å². The fourth-order valence-electron chi connectivity index (χ4n) is 1.10. The largest absolute Gasteiger partial charge is 0.315 e. The highest BCUT2D eigenvalue weighted by atomic mass is 15.0. The number of hydrogen-bond acceptors (Lipinski definition) is 2. The van der Waals surface area contributed by atoms with E-state index in [-0.39, 0.29) is 5.54 Å². The van der Waals surface area contributed by atoms with Gasteiger partial charge in [0.2, 0.25) is 0 Å². The molecule has 0 saturated heterocycles. The van der Waals surface area contributed by atoms with Crippen LogP contribution in [0.1, 0.15) is 40.5 Å². The van der Waals surface area contributed by atoms with Crippen LogP contribution in [0.4, 0.5) is 0 Å². The predicted molar refractivity (Wildman–Crippen MR) is 55.5 cm³/mol. The summed E-state index contributed by atoms with van der Waals surface area (Å²) in [6.07, 6.45) is 2.42. The van der Waals surface area contributed by atoms with Gasteiger partial charge in [-0.05, 0) is 39.8 Å². The van der Waals surface area contributed by atoms with Crippen LogP contribution in [0.15, 0.2) is 0 Å². The first kappa shape index (κ1) is 11.9. The third-order valence-corrected chi connectivity index (χ3v) is 1.85. The van der Waals surface area contributed by atoms with E-state index in [4.69, 9.17) is 0 Å². The van der Waals surface area contributed by atoms with Crippen molar-refractivity contribution in [3.63, 3.8) is 0 Å². The second-order valence-electron chi connectivity index (χ2n) is 3.99. The number of rotatable bonds is 7. The van der Waals surface area contributed by atoms with E-state index in [1.807, 2.05) is 0 Å².